The smallest absolute Gasteiger partial charge is 0.0372 e. The summed E-state index contributed by atoms with van der Waals surface area (Å²) < 4.78 is 0. The van der Waals surface area contributed by atoms with Gasteiger partial charge in [-0.05, 0) is 37.8 Å². The summed E-state index contributed by atoms with van der Waals surface area (Å²) in [5.41, 5.74) is 3.26. The molecular weight excluding hydrogens is 194 g/mol. The standard InChI is InChI=1S/C15H23N/c1-12-7-6-8-13(11-12)14(16-3)15(2)9-4-5-10-15/h6-8,11,14,16H,4-5,9-10H2,1-3H3. The van der Waals surface area contributed by atoms with Crippen molar-refractivity contribution in [3.63, 3.8) is 0 Å². The quantitative estimate of drug-likeness (QED) is 0.811. The van der Waals surface area contributed by atoms with Crippen LogP contribution in [-0.4, -0.2) is 7.05 Å². The molecule has 1 heteroatoms. The van der Waals surface area contributed by atoms with E-state index in [9.17, 15) is 0 Å². The molecule has 16 heavy (non-hydrogen) atoms. The van der Waals surface area contributed by atoms with Crippen molar-refractivity contribution in [3.8, 4) is 0 Å². The average Bonchev–Trinajstić information content (AvgIpc) is 2.67. The predicted octanol–water partition coefficient (Wildman–Crippen LogP) is 3.84. The molecule has 0 aromatic heterocycles. The van der Waals surface area contributed by atoms with Crippen molar-refractivity contribution in [1.29, 1.82) is 0 Å². The van der Waals surface area contributed by atoms with Gasteiger partial charge in [-0.1, -0.05) is 49.6 Å². The molecule has 88 valence electrons. The predicted molar refractivity (Wildman–Crippen MR) is 69.6 cm³/mol. The summed E-state index contributed by atoms with van der Waals surface area (Å²) in [6.07, 6.45) is 5.49. The number of hydrogen-bond donors (Lipinski definition) is 1. The van der Waals surface area contributed by atoms with Crippen molar-refractivity contribution in [2.45, 2.75) is 45.6 Å². The van der Waals surface area contributed by atoms with E-state index in [2.05, 4.69) is 50.5 Å². The summed E-state index contributed by atoms with van der Waals surface area (Å²) in [6, 6.07) is 9.44. The van der Waals surface area contributed by atoms with Gasteiger partial charge >= 0.3 is 0 Å². The van der Waals surface area contributed by atoms with Gasteiger partial charge in [0.1, 0.15) is 0 Å². The van der Waals surface area contributed by atoms with Gasteiger partial charge in [0.15, 0.2) is 0 Å². The van der Waals surface area contributed by atoms with Gasteiger partial charge in [-0.25, -0.2) is 0 Å². The molecular formula is C15H23N. The highest BCUT2D eigenvalue weighted by molar-refractivity contribution is 5.26. The zero-order valence-electron chi connectivity index (χ0n) is 10.7. The van der Waals surface area contributed by atoms with E-state index in [1.807, 2.05) is 0 Å². The first-order chi connectivity index (χ1) is 7.65. The fraction of sp³-hybridized carbons (Fsp3) is 0.600. The van der Waals surface area contributed by atoms with Crippen molar-refractivity contribution >= 4 is 0 Å². The summed E-state index contributed by atoms with van der Waals surface area (Å²) in [5.74, 6) is 0. The maximum Gasteiger partial charge on any atom is 0.0372 e. The molecule has 1 aliphatic carbocycles. The van der Waals surface area contributed by atoms with E-state index in [-0.39, 0.29) is 0 Å². The second-order valence-electron chi connectivity index (χ2n) is 5.50. The SMILES string of the molecule is CNC(c1cccc(C)c1)C1(C)CCCC1. The Kier molecular flexibility index (Phi) is 3.34. The topological polar surface area (TPSA) is 12.0 Å². The maximum absolute atomic E-state index is 3.53. The Hall–Kier alpha value is -0.820. The molecule has 1 aromatic carbocycles. The van der Waals surface area contributed by atoms with E-state index in [4.69, 9.17) is 0 Å². The second kappa shape index (κ2) is 4.58. The van der Waals surface area contributed by atoms with Crippen molar-refractivity contribution in [1.82, 2.24) is 5.32 Å². The molecule has 1 unspecified atom stereocenters. The van der Waals surface area contributed by atoms with E-state index in [0.717, 1.165) is 0 Å². The van der Waals surface area contributed by atoms with Gasteiger partial charge in [-0.3, -0.25) is 0 Å². The molecule has 2 rings (SSSR count). The van der Waals surface area contributed by atoms with Crippen LogP contribution in [0.15, 0.2) is 24.3 Å². The molecule has 0 bridgehead atoms. The molecule has 0 saturated heterocycles. The summed E-state index contributed by atoms with van der Waals surface area (Å²) >= 11 is 0. The van der Waals surface area contributed by atoms with Crippen LogP contribution >= 0.6 is 0 Å². The molecule has 1 aliphatic rings. The zero-order valence-corrected chi connectivity index (χ0v) is 10.7. The lowest BCUT2D eigenvalue weighted by molar-refractivity contribution is 0.233. The van der Waals surface area contributed by atoms with E-state index < -0.39 is 0 Å². The summed E-state index contributed by atoms with van der Waals surface area (Å²) in [4.78, 5) is 0. The monoisotopic (exact) mass is 217 g/mol. The third-order valence-corrected chi connectivity index (χ3v) is 4.11. The highest BCUT2D eigenvalue weighted by atomic mass is 14.9. The van der Waals surface area contributed by atoms with Gasteiger partial charge in [-0.2, -0.15) is 0 Å². The van der Waals surface area contributed by atoms with Crippen LogP contribution in [0.3, 0.4) is 0 Å². The van der Waals surface area contributed by atoms with Crippen LogP contribution in [0.5, 0.6) is 0 Å². The molecule has 0 aliphatic heterocycles. The largest absolute Gasteiger partial charge is 0.313 e. The first-order valence-corrected chi connectivity index (χ1v) is 6.39. The third-order valence-electron chi connectivity index (χ3n) is 4.11. The normalized spacial score (nSPS) is 20.9. The Morgan fingerprint density at radius 3 is 2.50 bits per heavy atom. The molecule has 1 N–H and O–H groups in total. The molecule has 1 nitrogen and oxygen atoms in total. The molecule has 1 fully saturated rings. The van der Waals surface area contributed by atoms with Gasteiger partial charge in [-0.15, -0.1) is 0 Å². The first-order valence-electron chi connectivity index (χ1n) is 6.39. The Bertz CT molecular complexity index is 350. The highest BCUT2D eigenvalue weighted by Gasteiger charge is 2.36. The van der Waals surface area contributed by atoms with Crippen molar-refractivity contribution < 1.29 is 0 Å². The Morgan fingerprint density at radius 2 is 1.94 bits per heavy atom. The molecule has 0 radical (unpaired) electrons. The average molecular weight is 217 g/mol. The van der Waals surface area contributed by atoms with E-state index in [1.165, 1.54) is 36.8 Å². The Labute approximate surface area is 99.3 Å². The van der Waals surface area contributed by atoms with Gasteiger partial charge in [0.25, 0.3) is 0 Å². The number of rotatable bonds is 3. The highest BCUT2D eigenvalue weighted by Crippen LogP contribution is 2.46. The number of nitrogens with one attached hydrogen (secondary N) is 1. The van der Waals surface area contributed by atoms with E-state index in [1.54, 1.807) is 0 Å². The lowest BCUT2D eigenvalue weighted by atomic mass is 9.77. The Morgan fingerprint density at radius 1 is 1.25 bits per heavy atom. The molecule has 1 saturated carbocycles. The van der Waals surface area contributed by atoms with Crippen LogP contribution in [0.2, 0.25) is 0 Å². The van der Waals surface area contributed by atoms with Crippen LogP contribution in [0.4, 0.5) is 0 Å². The summed E-state index contributed by atoms with van der Waals surface area (Å²) in [5, 5.41) is 3.53. The third kappa shape index (κ3) is 2.15. The summed E-state index contributed by atoms with van der Waals surface area (Å²) in [6.45, 7) is 4.61. The molecule has 1 atom stereocenters. The summed E-state index contributed by atoms with van der Waals surface area (Å²) in [7, 11) is 2.09. The van der Waals surface area contributed by atoms with Crippen LogP contribution in [0, 0.1) is 12.3 Å². The maximum atomic E-state index is 3.53. The van der Waals surface area contributed by atoms with Crippen LogP contribution in [0.25, 0.3) is 0 Å². The van der Waals surface area contributed by atoms with Crippen molar-refractivity contribution in [2.24, 2.45) is 5.41 Å². The van der Waals surface area contributed by atoms with Gasteiger partial charge in [0.2, 0.25) is 0 Å². The van der Waals surface area contributed by atoms with Gasteiger partial charge < -0.3 is 5.32 Å². The van der Waals surface area contributed by atoms with E-state index >= 15 is 0 Å². The van der Waals surface area contributed by atoms with Crippen molar-refractivity contribution in [3.05, 3.63) is 35.4 Å². The zero-order chi connectivity index (χ0) is 11.6. The fourth-order valence-electron chi connectivity index (χ4n) is 3.24. The number of hydrogen-bond acceptors (Lipinski definition) is 1. The Balaban J connectivity index is 2.28. The van der Waals surface area contributed by atoms with Gasteiger partial charge in [0.05, 0.1) is 0 Å². The molecule has 0 heterocycles. The first kappa shape index (κ1) is 11.7. The van der Waals surface area contributed by atoms with Gasteiger partial charge in [0, 0.05) is 6.04 Å². The molecule has 0 amide bonds. The molecule has 0 spiro atoms. The lowest BCUT2D eigenvalue weighted by Gasteiger charge is -2.34. The van der Waals surface area contributed by atoms with Crippen LogP contribution in [0.1, 0.15) is 49.8 Å². The van der Waals surface area contributed by atoms with Crippen LogP contribution in [-0.2, 0) is 0 Å². The number of benzene rings is 1. The minimum Gasteiger partial charge on any atom is -0.313 e. The fourth-order valence-corrected chi connectivity index (χ4v) is 3.24. The molecule has 1 aromatic rings. The minimum atomic E-state index is 0.447. The second-order valence-corrected chi connectivity index (χ2v) is 5.50. The van der Waals surface area contributed by atoms with Crippen molar-refractivity contribution in [2.75, 3.05) is 7.05 Å². The van der Waals surface area contributed by atoms with E-state index in [0.29, 0.717) is 11.5 Å². The lowest BCUT2D eigenvalue weighted by Crippen LogP contribution is -2.32. The van der Waals surface area contributed by atoms with Crippen LogP contribution < -0.4 is 5.32 Å². The minimum absolute atomic E-state index is 0.447. The number of aryl methyl sites for hydroxylation is 1.